The van der Waals surface area contributed by atoms with Crippen molar-refractivity contribution < 1.29 is 24.2 Å². The first-order chi connectivity index (χ1) is 22.7. The van der Waals surface area contributed by atoms with Crippen LogP contribution in [-0.2, 0) is 44.7 Å². The van der Waals surface area contributed by atoms with Crippen LogP contribution in [0.4, 0.5) is 0 Å². The largest absolute Gasteiger partial charge is 0.462 e. The Kier molecular flexibility index (Phi) is 13.1. The van der Waals surface area contributed by atoms with E-state index in [0.717, 1.165) is 63.4 Å². The zero-order valence-electron chi connectivity index (χ0n) is 28.2. The number of hydrogen-bond donors (Lipinski definition) is 1. The van der Waals surface area contributed by atoms with E-state index in [2.05, 4.69) is 92.9 Å². The van der Waals surface area contributed by atoms with Crippen LogP contribution in [0, 0.1) is 0 Å². The first kappa shape index (κ1) is 35.4. The first-order valence-electron chi connectivity index (χ1n) is 16.7. The van der Waals surface area contributed by atoms with E-state index < -0.39 is 0 Å². The lowest BCUT2D eigenvalue weighted by molar-refractivity contribution is -0.139. The minimum Gasteiger partial charge on any atom is -0.462 e. The number of rotatable bonds is 17. The average molecular weight is 633 g/mol. The average Bonchev–Trinajstić information content (AvgIpc) is 3.07. The van der Waals surface area contributed by atoms with Crippen LogP contribution in [0.25, 0.3) is 33.0 Å². The highest BCUT2D eigenvalue weighted by Crippen LogP contribution is 2.32. The van der Waals surface area contributed by atoms with Crippen LogP contribution in [-0.4, -0.2) is 36.9 Å². The number of carbonyl (C=O) groups is 2. The summed E-state index contributed by atoms with van der Waals surface area (Å²) in [7, 11) is 0. The second-order valence-corrected chi connectivity index (χ2v) is 12.4. The molecule has 4 aromatic rings. The number of ether oxygens (including phenoxy) is 2. The highest BCUT2D eigenvalue weighted by molar-refractivity contribution is 5.91. The lowest BCUT2D eigenvalue weighted by atomic mass is 9.91. The summed E-state index contributed by atoms with van der Waals surface area (Å²) >= 11 is 0. The standard InChI is InChI=1S/C42H48O5/c1-6-7-8-10-31-12-19-40(39(25-31)21-24-47-42(45)30(4)5)38-18-17-35-26-34(15-16-36(35)28-38)33-14-13-32(11-9-22-43)37(27-33)20-23-46-41(44)29(2)3/h12-19,25-28,43H,2,4,6-11,20-24H2,1,3,5H3. The van der Waals surface area contributed by atoms with Crippen LogP contribution in [0.15, 0.2) is 97.1 Å². The number of hydrogen-bond acceptors (Lipinski definition) is 5. The first-order valence-corrected chi connectivity index (χ1v) is 16.7. The number of fused-ring (bicyclic) bond motifs is 1. The van der Waals surface area contributed by atoms with E-state index in [4.69, 9.17) is 9.47 Å². The molecule has 0 spiro atoms. The maximum absolute atomic E-state index is 12.0. The van der Waals surface area contributed by atoms with Gasteiger partial charge in [-0.3, -0.25) is 0 Å². The summed E-state index contributed by atoms with van der Waals surface area (Å²) in [5.74, 6) is -0.737. The summed E-state index contributed by atoms with van der Waals surface area (Å²) in [5.41, 5.74) is 10.0. The van der Waals surface area contributed by atoms with E-state index in [0.29, 0.717) is 37.0 Å². The minimum absolute atomic E-state index is 0.131. The van der Waals surface area contributed by atoms with Gasteiger partial charge in [0.2, 0.25) is 0 Å². The Morgan fingerprint density at radius 3 is 1.85 bits per heavy atom. The van der Waals surface area contributed by atoms with Crippen molar-refractivity contribution in [3.05, 3.63) is 119 Å². The number of carbonyl (C=O) groups excluding carboxylic acids is 2. The molecule has 0 aliphatic heterocycles. The smallest absolute Gasteiger partial charge is 0.333 e. The topological polar surface area (TPSA) is 72.8 Å². The zero-order valence-corrected chi connectivity index (χ0v) is 28.2. The second kappa shape index (κ2) is 17.4. The van der Waals surface area contributed by atoms with E-state index in [1.807, 2.05) is 0 Å². The molecule has 0 heterocycles. The summed E-state index contributed by atoms with van der Waals surface area (Å²) in [6.07, 6.45) is 7.26. The van der Waals surface area contributed by atoms with Crippen molar-refractivity contribution in [2.24, 2.45) is 0 Å². The molecular formula is C42H48O5. The van der Waals surface area contributed by atoms with Gasteiger partial charge in [0.25, 0.3) is 0 Å². The molecule has 0 unspecified atom stereocenters. The highest BCUT2D eigenvalue weighted by Gasteiger charge is 2.12. The summed E-state index contributed by atoms with van der Waals surface area (Å²) < 4.78 is 10.8. The number of aryl methyl sites for hydroxylation is 2. The van der Waals surface area contributed by atoms with Crippen LogP contribution < -0.4 is 0 Å². The van der Waals surface area contributed by atoms with Gasteiger partial charge in [0.1, 0.15) is 0 Å². The van der Waals surface area contributed by atoms with E-state index in [1.165, 1.54) is 24.0 Å². The van der Waals surface area contributed by atoms with Crippen molar-refractivity contribution >= 4 is 22.7 Å². The quantitative estimate of drug-likeness (QED) is 0.0714. The summed E-state index contributed by atoms with van der Waals surface area (Å²) in [5, 5.41) is 11.7. The van der Waals surface area contributed by atoms with Gasteiger partial charge in [-0.2, -0.15) is 0 Å². The third-order valence-corrected chi connectivity index (χ3v) is 8.44. The maximum atomic E-state index is 12.0. The normalized spacial score (nSPS) is 11.0. The molecule has 0 aromatic heterocycles. The molecule has 47 heavy (non-hydrogen) atoms. The van der Waals surface area contributed by atoms with Crippen LogP contribution in [0.5, 0.6) is 0 Å². The van der Waals surface area contributed by atoms with Crippen LogP contribution in [0.1, 0.15) is 68.7 Å². The molecule has 1 N–H and O–H groups in total. The predicted octanol–water partition coefficient (Wildman–Crippen LogP) is 9.16. The highest BCUT2D eigenvalue weighted by atomic mass is 16.5. The van der Waals surface area contributed by atoms with Gasteiger partial charge in [0, 0.05) is 30.6 Å². The molecule has 5 nitrogen and oxygen atoms in total. The molecule has 0 aliphatic carbocycles. The molecule has 0 bridgehead atoms. The van der Waals surface area contributed by atoms with Crippen molar-refractivity contribution in [3.8, 4) is 22.3 Å². The van der Waals surface area contributed by atoms with Gasteiger partial charge in [-0.1, -0.05) is 93.6 Å². The third-order valence-electron chi connectivity index (χ3n) is 8.44. The van der Waals surface area contributed by atoms with Gasteiger partial charge >= 0.3 is 11.9 Å². The van der Waals surface area contributed by atoms with Crippen molar-refractivity contribution in [3.63, 3.8) is 0 Å². The van der Waals surface area contributed by atoms with Crippen LogP contribution in [0.2, 0.25) is 0 Å². The van der Waals surface area contributed by atoms with Crippen molar-refractivity contribution in [1.29, 1.82) is 0 Å². The summed E-state index contributed by atoms with van der Waals surface area (Å²) in [6, 6.07) is 26.2. The molecule has 0 saturated carbocycles. The monoisotopic (exact) mass is 632 g/mol. The van der Waals surface area contributed by atoms with Gasteiger partial charge < -0.3 is 14.6 Å². The molecule has 0 amide bonds. The number of esters is 2. The van der Waals surface area contributed by atoms with E-state index in [-0.39, 0.29) is 25.2 Å². The van der Waals surface area contributed by atoms with Gasteiger partial charge in [-0.15, -0.1) is 0 Å². The Morgan fingerprint density at radius 1 is 0.617 bits per heavy atom. The lowest BCUT2D eigenvalue weighted by Gasteiger charge is -2.15. The molecule has 0 saturated heterocycles. The Balaban J connectivity index is 1.60. The summed E-state index contributed by atoms with van der Waals surface area (Å²) in [6.45, 7) is 13.6. The SMILES string of the molecule is C=C(C)C(=O)OCCc1cc(-c2ccc3cc(-c4ccc(CCCCC)cc4CCOC(=O)C(=C)C)ccc3c2)ccc1CCCO. The van der Waals surface area contributed by atoms with Gasteiger partial charge in [0.15, 0.2) is 0 Å². The zero-order chi connectivity index (χ0) is 33.8. The Hall–Kier alpha value is -4.48. The lowest BCUT2D eigenvalue weighted by Crippen LogP contribution is -2.09. The Morgan fingerprint density at radius 2 is 1.21 bits per heavy atom. The Bertz CT molecular complexity index is 1730. The van der Waals surface area contributed by atoms with Gasteiger partial charge in [-0.25, -0.2) is 9.59 Å². The van der Waals surface area contributed by atoms with E-state index in [1.54, 1.807) is 13.8 Å². The molecule has 5 heteroatoms. The number of unbranched alkanes of at least 4 members (excludes halogenated alkanes) is 2. The van der Waals surface area contributed by atoms with E-state index >= 15 is 0 Å². The maximum Gasteiger partial charge on any atom is 0.333 e. The molecule has 246 valence electrons. The molecule has 0 aliphatic rings. The summed E-state index contributed by atoms with van der Waals surface area (Å²) in [4.78, 5) is 23.9. The molecule has 4 rings (SSSR count). The van der Waals surface area contributed by atoms with Gasteiger partial charge in [0.05, 0.1) is 13.2 Å². The van der Waals surface area contributed by atoms with Gasteiger partial charge in [-0.05, 0) is 107 Å². The van der Waals surface area contributed by atoms with Crippen LogP contribution >= 0.6 is 0 Å². The predicted molar refractivity (Wildman–Crippen MR) is 192 cm³/mol. The fourth-order valence-corrected chi connectivity index (χ4v) is 5.77. The van der Waals surface area contributed by atoms with Crippen molar-refractivity contribution in [2.75, 3.05) is 19.8 Å². The van der Waals surface area contributed by atoms with E-state index in [9.17, 15) is 14.7 Å². The number of benzene rings is 4. The third kappa shape index (κ3) is 10.0. The molecular weight excluding hydrogens is 584 g/mol. The fourth-order valence-electron chi connectivity index (χ4n) is 5.77. The molecule has 0 atom stereocenters. The van der Waals surface area contributed by atoms with Crippen LogP contribution in [0.3, 0.4) is 0 Å². The molecule has 4 aromatic carbocycles. The van der Waals surface area contributed by atoms with Crippen molar-refractivity contribution in [2.45, 2.75) is 72.1 Å². The fraction of sp³-hybridized carbons (Fsp3) is 0.333. The molecule has 0 radical (unpaired) electrons. The number of aliphatic hydroxyl groups excluding tert-OH is 1. The van der Waals surface area contributed by atoms with Crippen molar-refractivity contribution in [1.82, 2.24) is 0 Å². The molecule has 0 fully saturated rings. The minimum atomic E-state index is -0.381. The second-order valence-electron chi connectivity index (χ2n) is 12.4. The Labute approximate surface area is 279 Å². The number of aliphatic hydroxyl groups is 1.